The van der Waals surface area contributed by atoms with Crippen LogP contribution in [0.3, 0.4) is 0 Å². The molecule has 11 nitrogen and oxygen atoms in total. The summed E-state index contributed by atoms with van der Waals surface area (Å²) in [7, 11) is 0. The van der Waals surface area contributed by atoms with E-state index in [1.54, 1.807) is 0 Å². The van der Waals surface area contributed by atoms with Crippen molar-refractivity contribution in [3.8, 4) is 11.1 Å². The number of benzene rings is 2. The number of amides is 3. The Bertz CT molecular complexity index is 1060. The molecule has 212 valence electrons. The molecule has 2 atom stereocenters. The second-order valence-electron chi connectivity index (χ2n) is 9.19. The summed E-state index contributed by atoms with van der Waals surface area (Å²) >= 11 is 0. The highest BCUT2D eigenvalue weighted by Gasteiger charge is 2.26. The molecule has 0 heterocycles. The smallest absolute Gasteiger partial charge is 0.245 e. The van der Waals surface area contributed by atoms with E-state index in [0.717, 1.165) is 16.7 Å². The van der Waals surface area contributed by atoms with Crippen molar-refractivity contribution < 1.29 is 19.5 Å². The van der Waals surface area contributed by atoms with Gasteiger partial charge in [0.2, 0.25) is 17.7 Å². The minimum Gasteiger partial charge on any atom is -0.394 e. The number of hydrogen-bond donors (Lipinski definition) is 7. The van der Waals surface area contributed by atoms with Crippen molar-refractivity contribution in [1.82, 2.24) is 16.0 Å². The van der Waals surface area contributed by atoms with E-state index in [1.165, 1.54) is 0 Å². The van der Waals surface area contributed by atoms with Gasteiger partial charge in [0.05, 0.1) is 13.0 Å². The molecule has 0 unspecified atom stereocenters. The normalized spacial score (nSPS) is 12.2. The fourth-order valence-corrected chi connectivity index (χ4v) is 3.88. The van der Waals surface area contributed by atoms with Crippen molar-refractivity contribution in [2.45, 2.75) is 50.6 Å². The van der Waals surface area contributed by atoms with Crippen LogP contribution in [0.5, 0.6) is 0 Å². The van der Waals surface area contributed by atoms with E-state index < -0.39 is 30.5 Å². The molecule has 0 bridgehead atoms. The highest BCUT2D eigenvalue weighted by molar-refractivity contribution is 5.92. The van der Waals surface area contributed by atoms with Crippen LogP contribution in [0.25, 0.3) is 11.1 Å². The highest BCUT2D eigenvalue weighted by atomic mass is 16.3. The predicted octanol–water partition coefficient (Wildman–Crippen LogP) is 0.157. The van der Waals surface area contributed by atoms with Crippen LogP contribution < -0.4 is 33.2 Å². The summed E-state index contributed by atoms with van der Waals surface area (Å²) in [4.78, 5) is 42.1. The molecule has 10 N–H and O–H groups in total. The fraction of sp³-hybridized carbons (Fsp3) is 0.429. The zero-order valence-electron chi connectivity index (χ0n) is 22.3. The van der Waals surface area contributed by atoms with Crippen LogP contribution in [-0.2, 0) is 20.8 Å². The van der Waals surface area contributed by atoms with Gasteiger partial charge in [-0.05, 0) is 55.3 Å². The van der Waals surface area contributed by atoms with Gasteiger partial charge < -0.3 is 38.3 Å². The maximum atomic E-state index is 12.9. The number of rotatable bonds is 17. The molecule has 2 aromatic carbocycles. The predicted molar refractivity (Wildman–Crippen MR) is 152 cm³/mol. The molecule has 0 saturated carbocycles. The fourth-order valence-electron chi connectivity index (χ4n) is 3.88. The average Bonchev–Trinajstić information content (AvgIpc) is 2.93. The van der Waals surface area contributed by atoms with Crippen molar-refractivity contribution in [1.29, 1.82) is 0 Å². The van der Waals surface area contributed by atoms with Gasteiger partial charge in [-0.1, -0.05) is 54.6 Å². The maximum absolute atomic E-state index is 12.9. The Hall–Kier alpha value is -3.96. The Morgan fingerprint density at radius 3 is 2.15 bits per heavy atom. The summed E-state index contributed by atoms with van der Waals surface area (Å²) in [6, 6.07) is 15.4. The van der Waals surface area contributed by atoms with Gasteiger partial charge in [-0.3, -0.25) is 19.4 Å². The first kappa shape index (κ1) is 31.3. The highest BCUT2D eigenvalue weighted by Crippen LogP contribution is 2.19. The molecule has 0 aliphatic carbocycles. The second kappa shape index (κ2) is 17.5. The van der Waals surface area contributed by atoms with E-state index in [4.69, 9.17) is 17.2 Å². The maximum Gasteiger partial charge on any atom is 0.245 e. The van der Waals surface area contributed by atoms with Crippen LogP contribution in [0.2, 0.25) is 0 Å². The van der Waals surface area contributed by atoms with Crippen LogP contribution in [0, 0.1) is 0 Å². The third kappa shape index (κ3) is 12.0. The molecular formula is C28H41N7O4. The summed E-state index contributed by atoms with van der Waals surface area (Å²) in [6.07, 6.45) is 3.10. The minimum atomic E-state index is -1.19. The van der Waals surface area contributed by atoms with E-state index in [9.17, 15) is 19.5 Å². The number of nitrogens with zero attached hydrogens (tertiary/aromatic N) is 1. The number of carbonyl (C=O) groups excluding carboxylic acids is 3. The van der Waals surface area contributed by atoms with Gasteiger partial charge in [0.15, 0.2) is 5.96 Å². The number of aliphatic imine (C=N–C) groups is 1. The summed E-state index contributed by atoms with van der Waals surface area (Å²) < 4.78 is 0. The van der Waals surface area contributed by atoms with Crippen molar-refractivity contribution in [3.05, 3.63) is 60.2 Å². The van der Waals surface area contributed by atoms with Gasteiger partial charge in [0.25, 0.3) is 0 Å². The number of aliphatic hydroxyl groups is 1. The number of aliphatic hydroxyl groups excluding tert-OH is 1. The molecule has 0 aliphatic rings. The van der Waals surface area contributed by atoms with Gasteiger partial charge in [-0.15, -0.1) is 0 Å². The molecule has 0 aromatic heterocycles. The molecule has 39 heavy (non-hydrogen) atoms. The summed E-state index contributed by atoms with van der Waals surface area (Å²) in [6.45, 7) is 0.719. The Morgan fingerprint density at radius 1 is 0.821 bits per heavy atom. The third-order valence-electron chi connectivity index (χ3n) is 6.02. The van der Waals surface area contributed by atoms with Gasteiger partial charge in [-0.2, -0.15) is 0 Å². The topological polar surface area (TPSA) is 198 Å². The number of guanidine groups is 1. The number of unbranched alkanes of at least 4 members (excludes halogenated alkanes) is 2. The Kier molecular flexibility index (Phi) is 14.1. The summed E-state index contributed by atoms with van der Waals surface area (Å²) in [5.74, 6) is -1.37. The molecule has 0 spiro atoms. The third-order valence-corrected chi connectivity index (χ3v) is 6.02. The molecule has 2 rings (SSSR count). The van der Waals surface area contributed by atoms with Gasteiger partial charge in [-0.25, -0.2) is 0 Å². The number of carbonyl (C=O) groups is 3. The lowest BCUT2D eigenvalue weighted by Crippen LogP contribution is -2.55. The Labute approximate surface area is 229 Å². The molecular weight excluding hydrogens is 498 g/mol. The van der Waals surface area contributed by atoms with E-state index >= 15 is 0 Å². The minimum absolute atomic E-state index is 0.0215. The van der Waals surface area contributed by atoms with Crippen LogP contribution in [0.1, 0.15) is 37.7 Å². The zero-order chi connectivity index (χ0) is 28.5. The van der Waals surface area contributed by atoms with Crippen LogP contribution >= 0.6 is 0 Å². The second-order valence-corrected chi connectivity index (χ2v) is 9.19. The van der Waals surface area contributed by atoms with Gasteiger partial charge in [0.1, 0.15) is 12.1 Å². The van der Waals surface area contributed by atoms with Crippen LogP contribution in [0.15, 0.2) is 59.6 Å². The van der Waals surface area contributed by atoms with E-state index in [0.29, 0.717) is 51.7 Å². The molecule has 0 aliphatic heterocycles. The molecule has 0 radical (unpaired) electrons. The van der Waals surface area contributed by atoms with E-state index in [2.05, 4.69) is 20.9 Å². The molecule has 0 saturated heterocycles. The van der Waals surface area contributed by atoms with Crippen molar-refractivity contribution in [2.75, 3.05) is 26.2 Å². The van der Waals surface area contributed by atoms with Crippen molar-refractivity contribution in [2.24, 2.45) is 22.2 Å². The molecule has 3 amide bonds. The Balaban J connectivity index is 1.89. The van der Waals surface area contributed by atoms with Crippen LogP contribution in [-0.4, -0.2) is 67.1 Å². The SMILES string of the molecule is NCCCC[C@H](NC(=O)[C@H](CO)NC(=O)Cc1ccc(-c2ccccc2)cc1)C(=O)NCCCCN=C(N)N. The average molecular weight is 540 g/mol. The van der Waals surface area contributed by atoms with Gasteiger partial charge >= 0.3 is 0 Å². The number of nitrogens with two attached hydrogens (primary N) is 3. The number of hydrogen-bond acceptors (Lipinski definition) is 6. The first-order valence-electron chi connectivity index (χ1n) is 13.2. The van der Waals surface area contributed by atoms with Crippen molar-refractivity contribution in [3.63, 3.8) is 0 Å². The lowest BCUT2D eigenvalue weighted by Gasteiger charge is -2.22. The summed E-state index contributed by atoms with van der Waals surface area (Å²) in [5, 5.41) is 17.8. The van der Waals surface area contributed by atoms with Crippen LogP contribution in [0.4, 0.5) is 0 Å². The van der Waals surface area contributed by atoms with Gasteiger partial charge in [0, 0.05) is 13.1 Å². The molecule has 11 heteroatoms. The monoisotopic (exact) mass is 539 g/mol. The largest absolute Gasteiger partial charge is 0.394 e. The van der Waals surface area contributed by atoms with E-state index in [-0.39, 0.29) is 18.3 Å². The first-order chi connectivity index (χ1) is 18.8. The zero-order valence-corrected chi connectivity index (χ0v) is 22.3. The standard InChI is InChI=1S/C28H41N7O4/c29-15-5-4-10-23(26(38)32-16-6-7-17-33-28(30)31)35-27(39)24(19-36)34-25(37)18-20-11-13-22(14-12-20)21-8-2-1-3-9-21/h1-3,8-9,11-14,23-24,36H,4-7,10,15-19,29H2,(H,32,38)(H,34,37)(H,35,39)(H4,30,31,33)/t23-,24-/m0/s1. The van der Waals surface area contributed by atoms with Crippen molar-refractivity contribution >= 4 is 23.7 Å². The lowest BCUT2D eigenvalue weighted by atomic mass is 10.0. The quantitative estimate of drug-likeness (QED) is 0.0843. The lowest BCUT2D eigenvalue weighted by molar-refractivity contribution is -0.132. The number of nitrogens with one attached hydrogen (secondary N) is 3. The first-order valence-corrected chi connectivity index (χ1v) is 13.2. The van der Waals surface area contributed by atoms with E-state index in [1.807, 2.05) is 54.6 Å². The Morgan fingerprint density at radius 2 is 1.51 bits per heavy atom. The molecule has 2 aromatic rings. The molecule has 0 fully saturated rings. The summed E-state index contributed by atoms with van der Waals surface area (Å²) in [5.41, 5.74) is 19.0.